The largest absolute Gasteiger partial charge is 0.495 e. The quantitative estimate of drug-likeness (QED) is 0.277. The van der Waals surface area contributed by atoms with Crippen molar-refractivity contribution < 1.29 is 28.5 Å². The lowest BCUT2D eigenvalue weighted by Crippen LogP contribution is -2.50. The van der Waals surface area contributed by atoms with Crippen molar-refractivity contribution in [3.8, 4) is 28.7 Å². The fraction of sp³-hybridized carbons (Fsp3) is 0.312. The van der Waals surface area contributed by atoms with E-state index in [0.717, 1.165) is 33.3 Å². The molecule has 2 heterocycles. The summed E-state index contributed by atoms with van der Waals surface area (Å²) in [5, 5.41) is 1.97. The first-order chi connectivity index (χ1) is 20.0. The van der Waals surface area contributed by atoms with Crippen LogP contribution < -0.4 is 28.6 Å². The molecule has 0 spiro atoms. The van der Waals surface area contributed by atoms with Crippen LogP contribution in [0.5, 0.6) is 28.7 Å². The Morgan fingerprint density at radius 1 is 0.732 bits per heavy atom. The van der Waals surface area contributed by atoms with Gasteiger partial charge in [0, 0.05) is 37.6 Å². The number of hydrogen-bond acceptors (Lipinski definition) is 8. The summed E-state index contributed by atoms with van der Waals surface area (Å²) in [5.74, 6) is 3.34. The fourth-order valence-electron chi connectivity index (χ4n) is 5.33. The van der Waals surface area contributed by atoms with Gasteiger partial charge in [0.05, 0.1) is 53.5 Å². The number of rotatable bonds is 10. The van der Waals surface area contributed by atoms with E-state index in [9.17, 15) is 4.79 Å². The van der Waals surface area contributed by atoms with E-state index in [-0.39, 0.29) is 5.91 Å². The highest BCUT2D eigenvalue weighted by atomic mass is 16.5. The number of anilines is 1. The zero-order valence-electron chi connectivity index (χ0n) is 24.1. The van der Waals surface area contributed by atoms with Crippen molar-refractivity contribution in [1.82, 2.24) is 9.88 Å². The molecule has 1 fully saturated rings. The number of pyridine rings is 1. The van der Waals surface area contributed by atoms with Crippen LogP contribution in [0.4, 0.5) is 5.69 Å². The van der Waals surface area contributed by atoms with E-state index in [0.29, 0.717) is 61.3 Å². The number of aromatic nitrogens is 1. The zero-order chi connectivity index (χ0) is 28.9. The number of hydrogen-bond donors (Lipinski definition) is 0. The Morgan fingerprint density at radius 3 is 2.07 bits per heavy atom. The van der Waals surface area contributed by atoms with E-state index < -0.39 is 0 Å². The summed E-state index contributed by atoms with van der Waals surface area (Å²) in [5.41, 5.74) is 3.74. The van der Waals surface area contributed by atoms with Crippen LogP contribution >= 0.6 is 0 Å². The molecule has 9 nitrogen and oxygen atoms in total. The number of methoxy groups -OCH3 is 5. The lowest BCUT2D eigenvalue weighted by atomic mass is 9.99. The maximum atomic E-state index is 13.2. The summed E-state index contributed by atoms with van der Waals surface area (Å²) < 4.78 is 27.7. The van der Waals surface area contributed by atoms with Crippen molar-refractivity contribution >= 4 is 22.4 Å². The number of ether oxygens (including phenoxy) is 5. The van der Waals surface area contributed by atoms with Crippen LogP contribution in [0.15, 0.2) is 60.8 Å². The number of carbonyl (C=O) groups is 1. The minimum absolute atomic E-state index is 0.0299. The molecule has 1 aliphatic heterocycles. The highest BCUT2D eigenvalue weighted by Crippen LogP contribution is 2.37. The van der Waals surface area contributed by atoms with Crippen LogP contribution in [0.3, 0.4) is 0 Å². The smallest absolute Gasteiger partial charge is 0.241 e. The van der Waals surface area contributed by atoms with Gasteiger partial charge in [0.15, 0.2) is 23.0 Å². The summed E-state index contributed by atoms with van der Waals surface area (Å²) in [6, 6.07) is 17.5. The molecule has 0 atom stereocenters. The number of nitrogens with zero attached hydrogens (tertiary/aromatic N) is 3. The average Bonchev–Trinajstić information content (AvgIpc) is 3.01. The Morgan fingerprint density at radius 2 is 1.39 bits per heavy atom. The van der Waals surface area contributed by atoms with Gasteiger partial charge in [-0.2, -0.15) is 0 Å². The van der Waals surface area contributed by atoms with Gasteiger partial charge in [0.2, 0.25) is 5.91 Å². The van der Waals surface area contributed by atoms with Gasteiger partial charge in [-0.05, 0) is 52.9 Å². The van der Waals surface area contributed by atoms with Crippen LogP contribution in [0.1, 0.15) is 16.8 Å². The molecule has 0 bridgehead atoms. The molecule has 3 aromatic carbocycles. The number of benzene rings is 3. The molecule has 1 aromatic heterocycles. The summed E-state index contributed by atoms with van der Waals surface area (Å²) in [6.45, 7) is 2.15. The van der Waals surface area contributed by atoms with Gasteiger partial charge in [0.1, 0.15) is 5.75 Å². The van der Waals surface area contributed by atoms with Crippen molar-refractivity contribution in [3.63, 3.8) is 0 Å². The van der Waals surface area contributed by atoms with Crippen LogP contribution in [0, 0.1) is 0 Å². The summed E-state index contributed by atoms with van der Waals surface area (Å²) in [6.07, 6.45) is 2.49. The van der Waals surface area contributed by atoms with Gasteiger partial charge < -0.3 is 28.6 Å². The average molecular weight is 558 g/mol. The van der Waals surface area contributed by atoms with Gasteiger partial charge in [-0.3, -0.25) is 14.7 Å². The molecular weight excluding hydrogens is 522 g/mol. The first-order valence-electron chi connectivity index (χ1n) is 13.4. The summed E-state index contributed by atoms with van der Waals surface area (Å²) in [4.78, 5) is 22.1. The van der Waals surface area contributed by atoms with Crippen molar-refractivity contribution in [2.24, 2.45) is 0 Å². The first kappa shape index (κ1) is 28.0. The Hall–Kier alpha value is -4.50. The van der Waals surface area contributed by atoms with Gasteiger partial charge >= 0.3 is 0 Å². The zero-order valence-corrected chi connectivity index (χ0v) is 24.1. The van der Waals surface area contributed by atoms with E-state index in [1.807, 2.05) is 60.8 Å². The minimum Gasteiger partial charge on any atom is -0.495 e. The van der Waals surface area contributed by atoms with Gasteiger partial charge in [-0.15, -0.1) is 0 Å². The lowest BCUT2D eigenvalue weighted by molar-refractivity contribution is -0.121. The Labute approximate surface area is 240 Å². The van der Waals surface area contributed by atoms with Crippen LogP contribution in [-0.2, 0) is 17.8 Å². The third-order valence-corrected chi connectivity index (χ3v) is 7.45. The third kappa shape index (κ3) is 5.71. The van der Waals surface area contributed by atoms with E-state index >= 15 is 0 Å². The maximum absolute atomic E-state index is 13.2. The molecule has 1 amide bonds. The second kappa shape index (κ2) is 12.3. The van der Waals surface area contributed by atoms with Gasteiger partial charge in [-0.1, -0.05) is 18.2 Å². The van der Waals surface area contributed by atoms with Crippen LogP contribution in [0.2, 0.25) is 0 Å². The van der Waals surface area contributed by atoms with Crippen molar-refractivity contribution in [2.75, 3.05) is 60.1 Å². The topological polar surface area (TPSA) is 82.6 Å². The molecule has 1 aliphatic rings. The molecular formula is C32H35N3O6. The van der Waals surface area contributed by atoms with Crippen molar-refractivity contribution in [2.45, 2.75) is 13.0 Å². The third-order valence-electron chi connectivity index (χ3n) is 7.45. The molecule has 214 valence electrons. The number of carbonyl (C=O) groups excluding carboxylic acids is 1. The SMILES string of the molecule is COc1ccc(Cc2ncc(CN3CCN(c4ccccc4OC)C(=O)C3)c3cc(OC)c(OC)cc23)cc1OC. The Bertz CT molecular complexity index is 1560. The monoisotopic (exact) mass is 557 g/mol. The number of amides is 1. The molecule has 9 heteroatoms. The maximum Gasteiger partial charge on any atom is 0.241 e. The predicted octanol–water partition coefficient (Wildman–Crippen LogP) is 4.72. The predicted molar refractivity (Wildman–Crippen MR) is 158 cm³/mol. The summed E-state index contributed by atoms with van der Waals surface area (Å²) in [7, 11) is 8.13. The number of fused-ring (bicyclic) bond motifs is 1. The van der Waals surface area contributed by atoms with Gasteiger partial charge in [-0.25, -0.2) is 0 Å². The normalized spacial score (nSPS) is 13.8. The molecule has 41 heavy (non-hydrogen) atoms. The molecule has 0 saturated carbocycles. The van der Waals surface area contributed by atoms with E-state index in [2.05, 4.69) is 4.90 Å². The Balaban J connectivity index is 1.45. The van der Waals surface area contributed by atoms with Crippen molar-refractivity contribution in [3.05, 3.63) is 77.6 Å². The lowest BCUT2D eigenvalue weighted by Gasteiger charge is -2.35. The van der Waals surface area contributed by atoms with Crippen LogP contribution in [0.25, 0.3) is 10.8 Å². The van der Waals surface area contributed by atoms with Crippen molar-refractivity contribution in [1.29, 1.82) is 0 Å². The molecule has 4 aromatic rings. The fourth-order valence-corrected chi connectivity index (χ4v) is 5.33. The first-order valence-corrected chi connectivity index (χ1v) is 13.4. The Kier molecular flexibility index (Phi) is 8.45. The van der Waals surface area contributed by atoms with E-state index in [1.54, 1.807) is 40.4 Å². The van der Waals surface area contributed by atoms with E-state index in [1.165, 1.54) is 0 Å². The second-order valence-corrected chi connectivity index (χ2v) is 9.78. The van der Waals surface area contributed by atoms with E-state index in [4.69, 9.17) is 28.7 Å². The number of piperazine rings is 1. The van der Waals surface area contributed by atoms with Gasteiger partial charge in [0.25, 0.3) is 0 Å². The molecule has 0 radical (unpaired) electrons. The number of para-hydroxylation sites is 2. The summed E-state index contributed by atoms with van der Waals surface area (Å²) >= 11 is 0. The minimum atomic E-state index is 0.0299. The molecule has 0 aliphatic carbocycles. The molecule has 0 unspecified atom stereocenters. The second-order valence-electron chi connectivity index (χ2n) is 9.78. The molecule has 0 N–H and O–H groups in total. The standard InChI is InChI=1S/C32H35N3O6/c1-37-27-9-7-6-8-26(27)35-13-12-34(20-32(35)36)19-22-18-33-25(14-21-10-11-28(38-2)29(15-21)39-3)24-17-31(41-5)30(40-4)16-23(22)24/h6-11,15-18H,12-14,19-20H2,1-5H3. The molecule has 5 rings (SSSR count). The molecule has 1 saturated heterocycles. The highest BCUT2D eigenvalue weighted by Gasteiger charge is 2.27. The highest BCUT2D eigenvalue weighted by molar-refractivity contribution is 5.97. The van der Waals surface area contributed by atoms with Crippen LogP contribution in [-0.4, -0.2) is 71.0 Å².